The van der Waals surface area contributed by atoms with Crippen molar-refractivity contribution in [2.75, 3.05) is 13.1 Å². The Kier molecular flexibility index (Phi) is 3.14. The highest BCUT2D eigenvalue weighted by Gasteiger charge is 2.29. The van der Waals surface area contributed by atoms with Gasteiger partial charge in [0.1, 0.15) is 11.3 Å². The quantitative estimate of drug-likeness (QED) is 0.894. The molecule has 1 aliphatic rings. The van der Waals surface area contributed by atoms with Crippen molar-refractivity contribution in [3.63, 3.8) is 0 Å². The van der Waals surface area contributed by atoms with E-state index in [2.05, 4.69) is 4.98 Å². The molecule has 20 heavy (non-hydrogen) atoms. The van der Waals surface area contributed by atoms with Crippen molar-refractivity contribution in [2.24, 2.45) is 5.92 Å². The number of hydrogen-bond acceptors (Lipinski definition) is 3. The maximum atomic E-state index is 12.4. The number of carboxylic acids is 1. The highest BCUT2D eigenvalue weighted by molar-refractivity contribution is 5.93. The van der Waals surface area contributed by atoms with Crippen LogP contribution in [0.3, 0.4) is 0 Å². The summed E-state index contributed by atoms with van der Waals surface area (Å²) in [6.45, 7) is 0.860. The van der Waals surface area contributed by atoms with Gasteiger partial charge in [0.15, 0.2) is 0 Å². The first kappa shape index (κ1) is 12.7. The first-order chi connectivity index (χ1) is 9.65. The number of likely N-dealkylation sites (tertiary alicyclic amines) is 1. The molecule has 1 unspecified atom stereocenters. The topological polar surface area (TPSA) is 74.9 Å². The SMILES string of the molecule is O=C(O)C1CCCN(C(=O)c2cn3ccccc3n2)C1. The molecule has 0 spiro atoms. The van der Waals surface area contributed by atoms with Gasteiger partial charge in [-0.3, -0.25) is 9.59 Å². The summed E-state index contributed by atoms with van der Waals surface area (Å²) in [6, 6.07) is 5.55. The zero-order valence-electron chi connectivity index (χ0n) is 10.9. The van der Waals surface area contributed by atoms with Crippen molar-refractivity contribution in [2.45, 2.75) is 12.8 Å². The molecule has 1 N–H and O–H groups in total. The minimum Gasteiger partial charge on any atom is -0.481 e. The molecular formula is C14H15N3O3. The van der Waals surface area contributed by atoms with Gasteiger partial charge < -0.3 is 14.4 Å². The molecule has 0 aromatic carbocycles. The van der Waals surface area contributed by atoms with Crippen molar-refractivity contribution in [3.8, 4) is 0 Å². The van der Waals surface area contributed by atoms with Gasteiger partial charge in [-0.05, 0) is 25.0 Å². The van der Waals surface area contributed by atoms with E-state index < -0.39 is 11.9 Å². The van der Waals surface area contributed by atoms with Crippen LogP contribution in [0.25, 0.3) is 5.65 Å². The molecule has 6 nitrogen and oxygen atoms in total. The van der Waals surface area contributed by atoms with Gasteiger partial charge in [0.05, 0.1) is 5.92 Å². The Balaban J connectivity index is 1.82. The van der Waals surface area contributed by atoms with E-state index in [0.717, 1.165) is 6.42 Å². The number of aliphatic carboxylic acids is 1. The third-order valence-electron chi connectivity index (χ3n) is 3.64. The molecule has 0 bridgehead atoms. The number of hydrogen-bond donors (Lipinski definition) is 1. The lowest BCUT2D eigenvalue weighted by atomic mass is 9.98. The molecule has 2 aromatic rings. The smallest absolute Gasteiger partial charge is 0.308 e. The second-order valence-corrected chi connectivity index (χ2v) is 5.02. The number of carbonyl (C=O) groups is 2. The molecule has 1 aliphatic heterocycles. The summed E-state index contributed by atoms with van der Waals surface area (Å²) in [4.78, 5) is 29.3. The van der Waals surface area contributed by atoms with Gasteiger partial charge in [0.25, 0.3) is 5.91 Å². The molecule has 2 aromatic heterocycles. The molecule has 1 saturated heterocycles. The second-order valence-electron chi connectivity index (χ2n) is 5.02. The number of aromatic nitrogens is 2. The molecule has 3 heterocycles. The lowest BCUT2D eigenvalue weighted by Crippen LogP contribution is -2.42. The van der Waals surface area contributed by atoms with Gasteiger partial charge in [-0.25, -0.2) is 4.98 Å². The Morgan fingerprint density at radius 1 is 1.35 bits per heavy atom. The summed E-state index contributed by atoms with van der Waals surface area (Å²) >= 11 is 0. The van der Waals surface area contributed by atoms with Gasteiger partial charge >= 0.3 is 5.97 Å². The number of fused-ring (bicyclic) bond motifs is 1. The van der Waals surface area contributed by atoms with Crippen LogP contribution in [-0.2, 0) is 4.79 Å². The monoisotopic (exact) mass is 273 g/mol. The van der Waals surface area contributed by atoms with Crippen LogP contribution in [0.1, 0.15) is 23.3 Å². The lowest BCUT2D eigenvalue weighted by Gasteiger charge is -2.30. The Morgan fingerprint density at radius 3 is 2.95 bits per heavy atom. The van der Waals surface area contributed by atoms with Gasteiger partial charge in [-0.1, -0.05) is 6.07 Å². The standard InChI is InChI=1S/C14H15N3O3/c18-13(17-7-3-4-10(8-17)14(19)20)11-9-16-6-2-1-5-12(16)15-11/h1-2,5-6,9-10H,3-4,7-8H2,(H,19,20). The fourth-order valence-electron chi connectivity index (χ4n) is 2.56. The van der Waals surface area contributed by atoms with E-state index in [1.807, 2.05) is 24.4 Å². The van der Waals surface area contributed by atoms with Crippen LogP contribution >= 0.6 is 0 Å². The van der Waals surface area contributed by atoms with E-state index >= 15 is 0 Å². The molecule has 0 saturated carbocycles. The van der Waals surface area contributed by atoms with Crippen LogP contribution < -0.4 is 0 Å². The molecule has 1 amide bonds. The summed E-state index contributed by atoms with van der Waals surface area (Å²) in [6.07, 6.45) is 4.86. The van der Waals surface area contributed by atoms with Crippen LogP contribution in [0, 0.1) is 5.92 Å². The molecular weight excluding hydrogens is 258 g/mol. The van der Waals surface area contributed by atoms with Crippen molar-refractivity contribution >= 4 is 17.5 Å². The average Bonchev–Trinajstić information content (AvgIpc) is 2.90. The number of carbonyl (C=O) groups excluding carboxylic acids is 1. The van der Waals surface area contributed by atoms with Crippen molar-refractivity contribution in [1.82, 2.24) is 14.3 Å². The summed E-state index contributed by atoms with van der Waals surface area (Å²) in [5.41, 5.74) is 1.07. The normalized spacial score (nSPS) is 19.2. The zero-order valence-corrected chi connectivity index (χ0v) is 10.9. The summed E-state index contributed by atoms with van der Waals surface area (Å²) in [5.74, 6) is -1.50. The third kappa shape index (κ3) is 2.24. The molecule has 3 rings (SSSR count). The van der Waals surface area contributed by atoms with E-state index in [1.165, 1.54) is 0 Å². The molecule has 1 fully saturated rings. The first-order valence-electron chi connectivity index (χ1n) is 6.61. The Morgan fingerprint density at radius 2 is 2.20 bits per heavy atom. The highest BCUT2D eigenvalue weighted by atomic mass is 16.4. The minimum absolute atomic E-state index is 0.195. The Hall–Kier alpha value is -2.37. The Labute approximate surface area is 115 Å². The maximum Gasteiger partial charge on any atom is 0.308 e. The average molecular weight is 273 g/mol. The predicted molar refractivity (Wildman–Crippen MR) is 71.5 cm³/mol. The number of rotatable bonds is 2. The molecule has 0 aliphatic carbocycles. The largest absolute Gasteiger partial charge is 0.481 e. The number of amides is 1. The van der Waals surface area contributed by atoms with Crippen LogP contribution in [0.2, 0.25) is 0 Å². The zero-order chi connectivity index (χ0) is 14.1. The van der Waals surface area contributed by atoms with Crippen molar-refractivity contribution in [1.29, 1.82) is 0 Å². The van der Waals surface area contributed by atoms with E-state index in [1.54, 1.807) is 15.5 Å². The number of nitrogens with zero attached hydrogens (tertiary/aromatic N) is 3. The van der Waals surface area contributed by atoms with E-state index in [9.17, 15) is 9.59 Å². The van der Waals surface area contributed by atoms with E-state index in [0.29, 0.717) is 24.3 Å². The fourth-order valence-corrected chi connectivity index (χ4v) is 2.56. The van der Waals surface area contributed by atoms with Crippen LogP contribution in [0.4, 0.5) is 0 Å². The minimum atomic E-state index is -0.836. The number of imidazole rings is 1. The van der Waals surface area contributed by atoms with Crippen LogP contribution in [0.15, 0.2) is 30.6 Å². The Bertz CT molecular complexity index is 631. The van der Waals surface area contributed by atoms with E-state index in [-0.39, 0.29) is 12.5 Å². The number of piperidine rings is 1. The van der Waals surface area contributed by atoms with Crippen molar-refractivity contribution < 1.29 is 14.7 Å². The summed E-state index contributed by atoms with van der Waals surface area (Å²) in [7, 11) is 0. The van der Waals surface area contributed by atoms with Crippen molar-refractivity contribution in [3.05, 3.63) is 36.3 Å². The molecule has 6 heteroatoms. The van der Waals surface area contributed by atoms with E-state index in [4.69, 9.17) is 5.11 Å². The second kappa shape index (κ2) is 4.96. The van der Waals surface area contributed by atoms with Gasteiger partial charge in [-0.15, -0.1) is 0 Å². The third-order valence-corrected chi connectivity index (χ3v) is 3.64. The predicted octanol–water partition coefficient (Wildman–Crippen LogP) is 1.27. The molecule has 1 atom stereocenters. The highest BCUT2D eigenvalue weighted by Crippen LogP contribution is 2.18. The van der Waals surface area contributed by atoms with Gasteiger partial charge in [0.2, 0.25) is 0 Å². The molecule has 0 radical (unpaired) electrons. The molecule has 104 valence electrons. The number of carboxylic acid groups (broad SMARTS) is 1. The summed E-state index contributed by atoms with van der Waals surface area (Å²) in [5, 5.41) is 9.07. The first-order valence-corrected chi connectivity index (χ1v) is 6.61. The fraction of sp³-hybridized carbons (Fsp3) is 0.357. The summed E-state index contributed by atoms with van der Waals surface area (Å²) < 4.78 is 1.78. The van der Waals surface area contributed by atoms with Gasteiger partial charge in [0, 0.05) is 25.5 Å². The number of pyridine rings is 1. The van der Waals surface area contributed by atoms with Gasteiger partial charge in [-0.2, -0.15) is 0 Å². The van der Waals surface area contributed by atoms with Crippen LogP contribution in [-0.4, -0.2) is 44.4 Å². The lowest BCUT2D eigenvalue weighted by molar-refractivity contribution is -0.143. The van der Waals surface area contributed by atoms with Crippen LogP contribution in [0.5, 0.6) is 0 Å². The maximum absolute atomic E-state index is 12.4.